The van der Waals surface area contributed by atoms with Crippen LogP contribution in [0.15, 0.2) is 0 Å². The van der Waals surface area contributed by atoms with Crippen molar-refractivity contribution in [3.8, 4) is 0 Å². The number of ether oxygens (including phenoxy) is 2. The summed E-state index contributed by atoms with van der Waals surface area (Å²) in [6.07, 6.45) is -4.69. The average Bonchev–Trinajstić information content (AvgIpc) is 2.48. The van der Waals surface area contributed by atoms with Crippen LogP contribution in [0.3, 0.4) is 0 Å². The van der Waals surface area contributed by atoms with Gasteiger partial charge in [0.1, 0.15) is 24.4 Å². The van der Waals surface area contributed by atoms with E-state index in [1.807, 2.05) is 7.05 Å². The molecule has 1 aliphatic heterocycles. The summed E-state index contributed by atoms with van der Waals surface area (Å²) in [6, 6.07) is 0. The van der Waals surface area contributed by atoms with Gasteiger partial charge in [0.2, 0.25) is 0 Å². The molecule has 23 heavy (non-hydrogen) atoms. The number of ketones is 1. The molecule has 0 amide bonds. The zero-order chi connectivity index (χ0) is 17.6. The monoisotopic (exact) mass is 333 g/mol. The van der Waals surface area contributed by atoms with E-state index in [9.17, 15) is 20.1 Å². The Labute approximate surface area is 138 Å². The highest BCUT2D eigenvalue weighted by atomic mass is 16.7. The molecule has 0 aromatic heterocycles. The second-order valence-corrected chi connectivity index (χ2v) is 6.72. The number of hydrogen-bond donors (Lipinski definition) is 3. The van der Waals surface area contributed by atoms with Gasteiger partial charge in [0.05, 0.1) is 6.61 Å². The lowest BCUT2D eigenvalue weighted by Crippen LogP contribution is -2.60. The Bertz CT molecular complexity index is 364. The molecule has 0 saturated carbocycles. The molecule has 1 saturated heterocycles. The molecule has 7 heteroatoms. The number of Topliss-reactive ketones (excluding diaryl/α,β-unsaturated/α-hetero) is 1. The lowest BCUT2D eigenvalue weighted by atomic mass is 9.97. The van der Waals surface area contributed by atoms with E-state index in [1.54, 1.807) is 0 Å². The van der Waals surface area contributed by atoms with Gasteiger partial charge >= 0.3 is 0 Å². The molecule has 0 aromatic carbocycles. The third-order valence-electron chi connectivity index (χ3n) is 4.02. The molecule has 7 nitrogen and oxygen atoms in total. The number of carbonyl (C=O) groups is 1. The minimum absolute atomic E-state index is 0.335. The highest BCUT2D eigenvalue weighted by Gasteiger charge is 2.45. The molecule has 5 unspecified atom stereocenters. The summed E-state index contributed by atoms with van der Waals surface area (Å²) in [4.78, 5) is 13.6. The topological polar surface area (TPSA) is 99.5 Å². The van der Waals surface area contributed by atoms with Crippen LogP contribution in [0, 0.1) is 5.92 Å². The number of nitrogens with zero attached hydrogens (tertiary/aromatic N) is 1. The summed E-state index contributed by atoms with van der Waals surface area (Å²) < 4.78 is 10.7. The molecule has 0 aromatic rings. The van der Waals surface area contributed by atoms with Crippen molar-refractivity contribution >= 4 is 5.78 Å². The van der Waals surface area contributed by atoms with Crippen molar-refractivity contribution in [2.45, 2.75) is 64.3 Å². The van der Waals surface area contributed by atoms with E-state index in [0.29, 0.717) is 12.5 Å². The Balaban J connectivity index is 2.34. The number of hydrogen-bond acceptors (Lipinski definition) is 7. The number of rotatable bonds is 9. The molecule has 1 heterocycles. The summed E-state index contributed by atoms with van der Waals surface area (Å²) in [5.41, 5.74) is 0. The van der Waals surface area contributed by atoms with Gasteiger partial charge in [-0.2, -0.15) is 0 Å². The Morgan fingerprint density at radius 2 is 1.83 bits per heavy atom. The Kier molecular flexibility index (Phi) is 8.60. The van der Waals surface area contributed by atoms with E-state index >= 15 is 0 Å². The van der Waals surface area contributed by atoms with E-state index in [-0.39, 0.29) is 0 Å². The SMILES string of the molecule is CC(=O)C1OC(OCCCN(C)CCC(C)C)C(O)C(O)C1O. The maximum atomic E-state index is 11.4. The van der Waals surface area contributed by atoms with E-state index < -0.39 is 36.5 Å². The van der Waals surface area contributed by atoms with Gasteiger partial charge in [-0.1, -0.05) is 13.8 Å². The fourth-order valence-electron chi connectivity index (χ4n) is 2.45. The van der Waals surface area contributed by atoms with Gasteiger partial charge < -0.3 is 29.7 Å². The Morgan fingerprint density at radius 1 is 1.17 bits per heavy atom. The van der Waals surface area contributed by atoms with Gasteiger partial charge in [-0.3, -0.25) is 4.79 Å². The zero-order valence-electron chi connectivity index (χ0n) is 14.5. The lowest BCUT2D eigenvalue weighted by molar-refractivity contribution is -0.290. The van der Waals surface area contributed by atoms with Gasteiger partial charge in [-0.05, 0) is 39.3 Å². The molecule has 5 atom stereocenters. The molecule has 0 radical (unpaired) electrons. The smallest absolute Gasteiger partial charge is 0.187 e. The second-order valence-electron chi connectivity index (χ2n) is 6.72. The first-order chi connectivity index (χ1) is 10.7. The third kappa shape index (κ3) is 6.45. The predicted octanol–water partition coefficient (Wildman–Crippen LogP) is -0.232. The summed E-state index contributed by atoms with van der Waals surface area (Å²) in [7, 11) is 2.04. The maximum absolute atomic E-state index is 11.4. The predicted molar refractivity (Wildman–Crippen MR) is 84.9 cm³/mol. The first kappa shape index (κ1) is 20.5. The number of carbonyl (C=O) groups excluding carboxylic acids is 1. The molecular formula is C16H31NO6. The molecule has 0 spiro atoms. The van der Waals surface area contributed by atoms with E-state index in [1.165, 1.54) is 6.92 Å². The van der Waals surface area contributed by atoms with Crippen LogP contribution < -0.4 is 0 Å². The lowest BCUT2D eigenvalue weighted by Gasteiger charge is -2.39. The van der Waals surface area contributed by atoms with Crippen LogP contribution in [-0.4, -0.2) is 83.5 Å². The fraction of sp³-hybridized carbons (Fsp3) is 0.938. The molecular weight excluding hydrogens is 302 g/mol. The maximum Gasteiger partial charge on any atom is 0.187 e. The molecule has 3 N–H and O–H groups in total. The van der Waals surface area contributed by atoms with Crippen molar-refractivity contribution in [2.24, 2.45) is 5.92 Å². The Hall–Kier alpha value is -0.570. The van der Waals surface area contributed by atoms with Crippen molar-refractivity contribution in [2.75, 3.05) is 26.7 Å². The van der Waals surface area contributed by atoms with Gasteiger partial charge in [0, 0.05) is 6.54 Å². The van der Waals surface area contributed by atoms with Crippen molar-refractivity contribution in [3.05, 3.63) is 0 Å². The normalized spacial score (nSPS) is 31.8. The van der Waals surface area contributed by atoms with E-state index in [2.05, 4.69) is 18.7 Å². The zero-order valence-corrected chi connectivity index (χ0v) is 14.5. The third-order valence-corrected chi connectivity index (χ3v) is 4.02. The van der Waals surface area contributed by atoms with Crippen molar-refractivity contribution in [1.82, 2.24) is 4.90 Å². The van der Waals surface area contributed by atoms with Crippen molar-refractivity contribution in [1.29, 1.82) is 0 Å². The van der Waals surface area contributed by atoms with Gasteiger partial charge in [-0.25, -0.2) is 0 Å². The molecule has 1 aliphatic rings. The molecule has 136 valence electrons. The van der Waals surface area contributed by atoms with Crippen LogP contribution in [0.5, 0.6) is 0 Å². The Morgan fingerprint density at radius 3 is 2.39 bits per heavy atom. The quantitative estimate of drug-likeness (QED) is 0.501. The first-order valence-electron chi connectivity index (χ1n) is 8.24. The van der Waals surface area contributed by atoms with Gasteiger partial charge in [0.15, 0.2) is 12.1 Å². The van der Waals surface area contributed by atoms with Gasteiger partial charge in [-0.15, -0.1) is 0 Å². The average molecular weight is 333 g/mol. The van der Waals surface area contributed by atoms with E-state index in [0.717, 1.165) is 25.9 Å². The minimum Gasteiger partial charge on any atom is -0.387 e. The largest absolute Gasteiger partial charge is 0.387 e. The summed E-state index contributed by atoms with van der Waals surface area (Å²) in [5.74, 6) is 0.251. The first-order valence-corrected chi connectivity index (χ1v) is 8.24. The minimum atomic E-state index is -1.46. The second kappa shape index (κ2) is 9.66. The van der Waals surface area contributed by atoms with E-state index in [4.69, 9.17) is 9.47 Å². The summed E-state index contributed by atoms with van der Waals surface area (Å²) in [5, 5.41) is 29.4. The molecule has 1 rings (SSSR count). The highest BCUT2D eigenvalue weighted by molar-refractivity contribution is 5.81. The summed E-state index contributed by atoms with van der Waals surface area (Å²) in [6.45, 7) is 7.82. The van der Waals surface area contributed by atoms with Crippen LogP contribution in [0.25, 0.3) is 0 Å². The van der Waals surface area contributed by atoms with Crippen LogP contribution >= 0.6 is 0 Å². The molecule has 0 aliphatic carbocycles. The van der Waals surface area contributed by atoms with Gasteiger partial charge in [0.25, 0.3) is 0 Å². The number of aliphatic hydroxyl groups is 3. The molecule has 0 bridgehead atoms. The standard InChI is InChI=1S/C16H31NO6/c1-10(2)6-8-17(4)7-5-9-22-16-14(21)12(19)13(20)15(23-16)11(3)18/h10,12-16,19-21H,5-9H2,1-4H3. The summed E-state index contributed by atoms with van der Waals surface area (Å²) >= 11 is 0. The van der Waals surface area contributed by atoms with Crippen LogP contribution in [-0.2, 0) is 14.3 Å². The van der Waals surface area contributed by atoms with Crippen LogP contribution in [0.2, 0.25) is 0 Å². The molecule has 1 fully saturated rings. The van der Waals surface area contributed by atoms with Crippen LogP contribution in [0.4, 0.5) is 0 Å². The highest BCUT2D eigenvalue weighted by Crippen LogP contribution is 2.22. The fourth-order valence-corrected chi connectivity index (χ4v) is 2.45. The van der Waals surface area contributed by atoms with Crippen LogP contribution in [0.1, 0.15) is 33.6 Å². The van der Waals surface area contributed by atoms with Crippen molar-refractivity contribution < 1.29 is 29.6 Å². The number of aliphatic hydroxyl groups excluding tert-OH is 3. The van der Waals surface area contributed by atoms with Crippen molar-refractivity contribution in [3.63, 3.8) is 0 Å².